The van der Waals surface area contributed by atoms with E-state index in [0.717, 1.165) is 9.80 Å². The first-order chi connectivity index (χ1) is 12.9. The molecule has 3 rings (SSSR count). The molecule has 10 heteroatoms. The van der Waals surface area contributed by atoms with Crippen LogP contribution in [0, 0.1) is 0 Å². The van der Waals surface area contributed by atoms with E-state index < -0.39 is 48.4 Å². The predicted octanol–water partition coefficient (Wildman–Crippen LogP) is 0.331. The van der Waals surface area contributed by atoms with Gasteiger partial charge < -0.3 is 10.1 Å². The Morgan fingerprint density at radius 3 is 2.29 bits per heavy atom. The molecule has 9 nitrogen and oxygen atoms in total. The molecule has 28 heavy (non-hydrogen) atoms. The number of ether oxygens (including phenoxy) is 1. The molecule has 0 aliphatic carbocycles. The van der Waals surface area contributed by atoms with Gasteiger partial charge in [-0.25, -0.2) is 4.90 Å². The maximum Gasteiger partial charge on any atom is 0.324 e. The number of rotatable bonds is 5. The number of benzene rings is 1. The maximum absolute atomic E-state index is 12.8. The summed E-state index contributed by atoms with van der Waals surface area (Å²) in [5, 5.41) is 2.69. The molecule has 0 spiro atoms. The van der Waals surface area contributed by atoms with Crippen molar-refractivity contribution in [2.24, 2.45) is 0 Å². The standard InChI is InChI=1S/C18H19N3O6.ClH/c1-10(19-2)18(26)27-9-20-14(22)8-7-13(17(20)25)21-15(23)11-5-3-4-6-12(11)16(21)24;/h3-6,10,13,19H,7-9H2,1-2H3;1H. The number of likely N-dealkylation sites (tertiary alicyclic amines) is 1. The minimum atomic E-state index is -1.10. The molecule has 1 aromatic rings. The molecular formula is C18H20ClN3O6. The quantitative estimate of drug-likeness (QED) is 0.550. The zero-order chi connectivity index (χ0) is 19.7. The van der Waals surface area contributed by atoms with Crippen LogP contribution in [0.1, 0.15) is 40.5 Å². The molecule has 4 amide bonds. The second kappa shape index (κ2) is 8.49. The van der Waals surface area contributed by atoms with E-state index in [1.54, 1.807) is 26.1 Å². The lowest BCUT2D eigenvalue weighted by Gasteiger charge is -2.34. The average molecular weight is 410 g/mol. The van der Waals surface area contributed by atoms with Gasteiger partial charge in [-0.05, 0) is 32.5 Å². The van der Waals surface area contributed by atoms with Crippen LogP contribution >= 0.6 is 12.4 Å². The number of likely N-dealkylation sites (N-methyl/N-ethyl adjacent to an activating group) is 1. The van der Waals surface area contributed by atoms with E-state index in [2.05, 4.69) is 5.32 Å². The number of esters is 1. The maximum atomic E-state index is 12.8. The van der Waals surface area contributed by atoms with Gasteiger partial charge in [-0.1, -0.05) is 12.1 Å². The topological polar surface area (TPSA) is 113 Å². The second-order valence-electron chi connectivity index (χ2n) is 6.34. The fourth-order valence-corrected chi connectivity index (χ4v) is 3.06. The Morgan fingerprint density at radius 2 is 1.75 bits per heavy atom. The summed E-state index contributed by atoms with van der Waals surface area (Å²) in [6.45, 7) is 1.02. The lowest BCUT2D eigenvalue weighted by Crippen LogP contribution is -2.56. The first-order valence-corrected chi connectivity index (χ1v) is 8.51. The highest BCUT2D eigenvalue weighted by atomic mass is 35.5. The number of carbonyl (C=O) groups is 5. The van der Waals surface area contributed by atoms with Crippen LogP contribution in [0.2, 0.25) is 0 Å². The predicted molar refractivity (Wildman–Crippen MR) is 98.5 cm³/mol. The van der Waals surface area contributed by atoms with E-state index in [1.165, 1.54) is 12.1 Å². The molecule has 1 aromatic carbocycles. The summed E-state index contributed by atoms with van der Waals surface area (Å²) < 4.78 is 5.00. The summed E-state index contributed by atoms with van der Waals surface area (Å²) in [5.74, 6) is -3.00. The van der Waals surface area contributed by atoms with Crippen molar-refractivity contribution in [3.63, 3.8) is 0 Å². The molecule has 2 aliphatic rings. The van der Waals surface area contributed by atoms with Gasteiger partial charge in [-0.3, -0.25) is 28.9 Å². The molecule has 0 aromatic heterocycles. The first kappa shape index (κ1) is 21.5. The van der Waals surface area contributed by atoms with Crippen LogP contribution < -0.4 is 5.32 Å². The minimum Gasteiger partial charge on any atom is -0.443 e. The lowest BCUT2D eigenvalue weighted by molar-refractivity contribution is -0.164. The van der Waals surface area contributed by atoms with Gasteiger partial charge in [-0.2, -0.15) is 0 Å². The fraction of sp³-hybridized carbons (Fsp3) is 0.389. The average Bonchev–Trinajstić information content (AvgIpc) is 2.92. The lowest BCUT2D eigenvalue weighted by atomic mass is 10.0. The normalized spacial score (nSPS) is 20.0. The molecular weight excluding hydrogens is 390 g/mol. The Bertz CT molecular complexity index is 807. The number of nitrogens with zero attached hydrogens (tertiary/aromatic N) is 2. The molecule has 0 bridgehead atoms. The fourth-order valence-electron chi connectivity index (χ4n) is 3.06. The van der Waals surface area contributed by atoms with Crippen LogP contribution in [-0.2, 0) is 19.1 Å². The van der Waals surface area contributed by atoms with Gasteiger partial charge in [0.15, 0.2) is 6.73 Å². The summed E-state index contributed by atoms with van der Waals surface area (Å²) in [5.41, 5.74) is 0.459. The van der Waals surface area contributed by atoms with Crippen molar-refractivity contribution in [3.8, 4) is 0 Å². The Hall–Kier alpha value is -2.78. The van der Waals surface area contributed by atoms with Crippen molar-refractivity contribution in [2.75, 3.05) is 13.8 Å². The van der Waals surface area contributed by atoms with Crippen molar-refractivity contribution in [1.82, 2.24) is 15.1 Å². The summed E-state index contributed by atoms with van der Waals surface area (Å²) in [7, 11) is 1.57. The molecule has 1 saturated heterocycles. The Labute approximate surface area is 167 Å². The zero-order valence-electron chi connectivity index (χ0n) is 15.3. The number of fused-ring (bicyclic) bond motifs is 1. The third kappa shape index (κ3) is 3.63. The SMILES string of the molecule is CNC(C)C(=O)OCN1C(=O)CCC(N2C(=O)c3ccccc3C2=O)C1=O.Cl. The number of nitrogens with one attached hydrogen (secondary N) is 1. The van der Waals surface area contributed by atoms with E-state index >= 15 is 0 Å². The van der Waals surface area contributed by atoms with Crippen LogP contribution in [0.25, 0.3) is 0 Å². The number of hydrogen-bond donors (Lipinski definition) is 1. The number of halogens is 1. The van der Waals surface area contributed by atoms with Crippen molar-refractivity contribution >= 4 is 42.0 Å². The second-order valence-corrected chi connectivity index (χ2v) is 6.34. The largest absolute Gasteiger partial charge is 0.443 e. The van der Waals surface area contributed by atoms with Crippen LogP contribution in [-0.4, -0.2) is 65.3 Å². The molecule has 0 radical (unpaired) electrons. The summed E-state index contributed by atoms with van der Waals surface area (Å²) in [6, 6.07) is 4.60. The summed E-state index contributed by atoms with van der Waals surface area (Å²) in [6.07, 6.45) is 0.00342. The number of carbonyl (C=O) groups excluding carboxylic acids is 5. The number of piperidine rings is 1. The highest BCUT2D eigenvalue weighted by Gasteiger charge is 2.47. The van der Waals surface area contributed by atoms with Crippen molar-refractivity contribution in [2.45, 2.75) is 31.8 Å². The number of hydrogen-bond acceptors (Lipinski definition) is 7. The van der Waals surface area contributed by atoms with Crippen LogP contribution in [0.4, 0.5) is 0 Å². The molecule has 2 unspecified atom stereocenters. The van der Waals surface area contributed by atoms with E-state index in [1.807, 2.05) is 0 Å². The van der Waals surface area contributed by atoms with E-state index in [4.69, 9.17) is 4.74 Å². The van der Waals surface area contributed by atoms with Gasteiger partial charge in [0.05, 0.1) is 11.1 Å². The van der Waals surface area contributed by atoms with Crippen LogP contribution in [0.3, 0.4) is 0 Å². The highest BCUT2D eigenvalue weighted by Crippen LogP contribution is 2.28. The molecule has 1 fully saturated rings. The Kier molecular flexibility index (Phi) is 6.52. The molecule has 150 valence electrons. The van der Waals surface area contributed by atoms with Gasteiger partial charge in [0.1, 0.15) is 12.1 Å². The van der Waals surface area contributed by atoms with E-state index in [0.29, 0.717) is 0 Å². The summed E-state index contributed by atoms with van der Waals surface area (Å²) >= 11 is 0. The molecule has 1 N–H and O–H groups in total. The monoisotopic (exact) mass is 409 g/mol. The Balaban J connectivity index is 0.00000280. The van der Waals surface area contributed by atoms with Gasteiger partial charge >= 0.3 is 5.97 Å². The Morgan fingerprint density at radius 1 is 1.18 bits per heavy atom. The molecule has 2 atom stereocenters. The third-order valence-electron chi connectivity index (χ3n) is 4.74. The van der Waals surface area contributed by atoms with E-state index in [9.17, 15) is 24.0 Å². The molecule has 2 aliphatic heterocycles. The van der Waals surface area contributed by atoms with Crippen LogP contribution in [0.5, 0.6) is 0 Å². The molecule has 2 heterocycles. The van der Waals surface area contributed by atoms with Gasteiger partial charge in [0.2, 0.25) is 5.91 Å². The van der Waals surface area contributed by atoms with Gasteiger partial charge in [0.25, 0.3) is 17.7 Å². The smallest absolute Gasteiger partial charge is 0.324 e. The van der Waals surface area contributed by atoms with Gasteiger partial charge in [-0.15, -0.1) is 12.4 Å². The minimum absolute atomic E-state index is 0. The number of imide groups is 2. The van der Waals surface area contributed by atoms with Crippen molar-refractivity contribution in [3.05, 3.63) is 35.4 Å². The number of amides is 4. The zero-order valence-corrected chi connectivity index (χ0v) is 16.2. The van der Waals surface area contributed by atoms with Crippen LogP contribution in [0.15, 0.2) is 24.3 Å². The molecule has 0 saturated carbocycles. The third-order valence-corrected chi connectivity index (χ3v) is 4.74. The first-order valence-electron chi connectivity index (χ1n) is 8.51. The van der Waals surface area contributed by atoms with E-state index in [-0.39, 0.29) is 36.4 Å². The van der Waals surface area contributed by atoms with Crippen molar-refractivity contribution < 1.29 is 28.7 Å². The highest BCUT2D eigenvalue weighted by molar-refractivity contribution is 6.23. The summed E-state index contributed by atoms with van der Waals surface area (Å²) in [4.78, 5) is 63.5. The van der Waals surface area contributed by atoms with Gasteiger partial charge in [0, 0.05) is 6.42 Å². The van der Waals surface area contributed by atoms with Crippen molar-refractivity contribution in [1.29, 1.82) is 0 Å².